The molecular weight excluding hydrogens is 270 g/mol. The zero-order chi connectivity index (χ0) is 15.2. The lowest BCUT2D eigenvalue weighted by Gasteiger charge is -2.29. The van der Waals surface area contributed by atoms with E-state index >= 15 is 0 Å². The van der Waals surface area contributed by atoms with Crippen LogP contribution >= 0.6 is 11.8 Å². The van der Waals surface area contributed by atoms with Gasteiger partial charge in [-0.25, -0.2) is 4.79 Å². The normalized spacial score (nSPS) is 15.7. The second-order valence-electron chi connectivity index (χ2n) is 5.32. The van der Waals surface area contributed by atoms with Crippen molar-refractivity contribution in [2.24, 2.45) is 11.7 Å². The Balaban J connectivity index is 2.93. The second-order valence-corrected chi connectivity index (χ2v) is 6.68. The van der Waals surface area contributed by atoms with Crippen LogP contribution in [-0.2, 0) is 15.1 Å². The summed E-state index contributed by atoms with van der Waals surface area (Å²) in [5.41, 5.74) is 6.13. The summed E-state index contributed by atoms with van der Waals surface area (Å²) >= 11 is 1.71. The maximum absolute atomic E-state index is 12.3. The zero-order valence-corrected chi connectivity index (χ0v) is 13.6. The van der Waals surface area contributed by atoms with Gasteiger partial charge < -0.3 is 10.5 Å². The van der Waals surface area contributed by atoms with Gasteiger partial charge in [-0.2, -0.15) is 11.8 Å². The van der Waals surface area contributed by atoms with Crippen LogP contribution in [0.1, 0.15) is 33.3 Å². The molecule has 0 radical (unpaired) electrons. The Morgan fingerprint density at radius 1 is 1.30 bits per heavy atom. The van der Waals surface area contributed by atoms with Gasteiger partial charge in [0.2, 0.25) is 0 Å². The Kier molecular flexibility index (Phi) is 6.56. The Bertz CT molecular complexity index is 422. The van der Waals surface area contributed by atoms with Crippen LogP contribution in [0.15, 0.2) is 30.3 Å². The molecule has 2 unspecified atom stereocenters. The van der Waals surface area contributed by atoms with Gasteiger partial charge in [0, 0.05) is 11.0 Å². The van der Waals surface area contributed by atoms with E-state index in [1.54, 1.807) is 18.7 Å². The van der Waals surface area contributed by atoms with E-state index in [1.165, 1.54) is 0 Å². The van der Waals surface area contributed by atoms with Crippen LogP contribution in [0.4, 0.5) is 0 Å². The Morgan fingerprint density at radius 3 is 2.40 bits per heavy atom. The van der Waals surface area contributed by atoms with Gasteiger partial charge in [0.05, 0.1) is 6.61 Å². The van der Waals surface area contributed by atoms with Crippen molar-refractivity contribution in [2.45, 2.75) is 38.5 Å². The van der Waals surface area contributed by atoms with E-state index < -0.39 is 5.54 Å². The van der Waals surface area contributed by atoms with Crippen molar-refractivity contribution < 1.29 is 9.53 Å². The number of carbonyl (C=O) groups excluding carboxylic acids is 1. The van der Waals surface area contributed by atoms with Crippen molar-refractivity contribution in [3.8, 4) is 0 Å². The largest absolute Gasteiger partial charge is 0.464 e. The molecule has 1 aromatic carbocycles. The van der Waals surface area contributed by atoms with Gasteiger partial charge in [0.15, 0.2) is 0 Å². The highest BCUT2D eigenvalue weighted by Gasteiger charge is 2.38. The fourth-order valence-corrected chi connectivity index (χ4v) is 2.91. The lowest BCUT2D eigenvalue weighted by Crippen LogP contribution is -2.48. The monoisotopic (exact) mass is 295 g/mol. The summed E-state index contributed by atoms with van der Waals surface area (Å²) in [5, 5.41) is 0.441. The van der Waals surface area contributed by atoms with Gasteiger partial charge in [-0.1, -0.05) is 51.1 Å². The summed E-state index contributed by atoms with van der Waals surface area (Å²) in [4.78, 5) is 12.3. The summed E-state index contributed by atoms with van der Waals surface area (Å²) in [6.07, 6.45) is 0. The average molecular weight is 295 g/mol. The first-order valence-corrected chi connectivity index (χ1v) is 8.10. The maximum atomic E-state index is 12.3. The van der Waals surface area contributed by atoms with Gasteiger partial charge in [-0.3, -0.25) is 0 Å². The molecule has 0 aliphatic heterocycles. The molecule has 4 heteroatoms. The number of benzene rings is 1. The molecule has 0 heterocycles. The summed E-state index contributed by atoms with van der Waals surface area (Å²) < 4.78 is 5.18. The summed E-state index contributed by atoms with van der Waals surface area (Å²) in [5.74, 6) is 0.715. The van der Waals surface area contributed by atoms with Crippen molar-refractivity contribution in [3.05, 3.63) is 35.9 Å². The van der Waals surface area contributed by atoms with Crippen LogP contribution < -0.4 is 5.73 Å². The molecule has 1 aromatic rings. The average Bonchev–Trinajstić information content (AvgIpc) is 2.45. The number of rotatable bonds is 7. The maximum Gasteiger partial charge on any atom is 0.331 e. The molecule has 0 amide bonds. The van der Waals surface area contributed by atoms with E-state index in [2.05, 4.69) is 20.8 Å². The molecule has 0 fully saturated rings. The number of ether oxygens (including phenoxy) is 1. The summed E-state index contributed by atoms with van der Waals surface area (Å²) in [7, 11) is 0. The fourth-order valence-electron chi connectivity index (χ4n) is 1.71. The molecule has 0 saturated carbocycles. The first-order valence-electron chi connectivity index (χ1n) is 7.05. The SMILES string of the molecule is CCOC(=O)C(N)(CSC(C)C(C)C)c1ccccc1. The van der Waals surface area contributed by atoms with Gasteiger partial charge >= 0.3 is 5.97 Å². The molecule has 3 nitrogen and oxygen atoms in total. The third-order valence-corrected chi connectivity index (χ3v) is 5.13. The molecule has 0 bridgehead atoms. The lowest BCUT2D eigenvalue weighted by atomic mass is 9.93. The van der Waals surface area contributed by atoms with E-state index in [0.717, 1.165) is 5.56 Å². The zero-order valence-electron chi connectivity index (χ0n) is 12.8. The predicted octanol–water partition coefficient (Wildman–Crippen LogP) is 3.18. The van der Waals surface area contributed by atoms with E-state index in [4.69, 9.17) is 10.5 Å². The Morgan fingerprint density at radius 2 is 1.90 bits per heavy atom. The van der Waals surface area contributed by atoms with Crippen molar-refractivity contribution >= 4 is 17.7 Å². The van der Waals surface area contributed by atoms with E-state index in [-0.39, 0.29) is 5.97 Å². The standard InChI is InChI=1S/C16H25NO2S/c1-5-19-15(18)16(17,11-20-13(4)12(2)3)14-9-7-6-8-10-14/h6-10,12-13H,5,11,17H2,1-4H3. The molecular formula is C16H25NO2S. The molecule has 2 atom stereocenters. The number of carbonyl (C=O) groups is 1. The minimum atomic E-state index is -1.08. The molecule has 0 saturated heterocycles. The quantitative estimate of drug-likeness (QED) is 0.785. The van der Waals surface area contributed by atoms with Gasteiger partial charge in [-0.15, -0.1) is 0 Å². The van der Waals surface area contributed by atoms with Crippen LogP contribution in [0.3, 0.4) is 0 Å². The Labute approximate surface area is 126 Å². The van der Waals surface area contributed by atoms with E-state index in [1.807, 2.05) is 30.3 Å². The summed E-state index contributed by atoms with van der Waals surface area (Å²) in [6, 6.07) is 9.48. The number of hydrogen-bond donors (Lipinski definition) is 1. The van der Waals surface area contributed by atoms with Crippen LogP contribution in [0.5, 0.6) is 0 Å². The van der Waals surface area contributed by atoms with Crippen LogP contribution in [0, 0.1) is 5.92 Å². The number of hydrogen-bond acceptors (Lipinski definition) is 4. The summed E-state index contributed by atoms with van der Waals surface area (Å²) in [6.45, 7) is 8.64. The third-order valence-electron chi connectivity index (χ3n) is 3.44. The topological polar surface area (TPSA) is 52.3 Å². The first-order chi connectivity index (χ1) is 9.41. The molecule has 0 aliphatic carbocycles. The van der Waals surface area contributed by atoms with Gasteiger partial charge in [0.25, 0.3) is 0 Å². The Hall–Kier alpha value is -1.00. The number of nitrogens with two attached hydrogens (primary N) is 1. The van der Waals surface area contributed by atoms with Crippen LogP contribution in [0.2, 0.25) is 0 Å². The molecule has 0 aromatic heterocycles. The number of esters is 1. The predicted molar refractivity (Wildman–Crippen MR) is 85.7 cm³/mol. The highest BCUT2D eigenvalue weighted by atomic mass is 32.2. The van der Waals surface area contributed by atoms with Crippen molar-refractivity contribution in [3.63, 3.8) is 0 Å². The molecule has 1 rings (SSSR count). The minimum absolute atomic E-state index is 0.342. The second kappa shape index (κ2) is 7.70. The van der Waals surface area contributed by atoms with Crippen molar-refractivity contribution in [1.82, 2.24) is 0 Å². The van der Waals surface area contributed by atoms with Crippen LogP contribution in [-0.4, -0.2) is 23.6 Å². The van der Waals surface area contributed by atoms with E-state index in [9.17, 15) is 4.79 Å². The highest BCUT2D eigenvalue weighted by Crippen LogP contribution is 2.29. The molecule has 112 valence electrons. The third kappa shape index (κ3) is 4.25. The molecule has 2 N–H and O–H groups in total. The van der Waals surface area contributed by atoms with Crippen molar-refractivity contribution in [2.75, 3.05) is 12.4 Å². The lowest BCUT2D eigenvalue weighted by molar-refractivity contribution is -0.149. The number of thioether (sulfide) groups is 1. The van der Waals surface area contributed by atoms with Gasteiger partial charge in [0.1, 0.15) is 5.54 Å². The van der Waals surface area contributed by atoms with Crippen LogP contribution in [0.25, 0.3) is 0 Å². The van der Waals surface area contributed by atoms with Gasteiger partial charge in [-0.05, 0) is 18.4 Å². The molecule has 0 spiro atoms. The molecule has 20 heavy (non-hydrogen) atoms. The van der Waals surface area contributed by atoms with Crippen molar-refractivity contribution in [1.29, 1.82) is 0 Å². The molecule has 0 aliphatic rings. The highest BCUT2D eigenvalue weighted by molar-refractivity contribution is 8.00. The van der Waals surface area contributed by atoms with E-state index in [0.29, 0.717) is 23.5 Å². The smallest absolute Gasteiger partial charge is 0.331 e. The fraction of sp³-hybridized carbons (Fsp3) is 0.562. The minimum Gasteiger partial charge on any atom is -0.464 e. The first kappa shape index (κ1) is 17.1.